The van der Waals surface area contributed by atoms with Gasteiger partial charge in [0.15, 0.2) is 10.8 Å². The summed E-state index contributed by atoms with van der Waals surface area (Å²) in [5.41, 5.74) is 12.7. The first-order valence-corrected chi connectivity index (χ1v) is 16.2. The third kappa shape index (κ3) is 6.81. The number of nitrogens with two attached hydrogens (primary N) is 2. The van der Waals surface area contributed by atoms with E-state index in [4.69, 9.17) is 38.1 Å². The number of β-lactam (4-membered cyclic amide) rings is 1. The standard InChI is InChI=1S/C26H29ClN10O8S2/c1-11(23(41)42)45-34-15(14-18(27)47-26(29)32-14)20(39)31-16-21(40)37-17(24(43)44)12(10-46-22(16)37)9-35-6-2-3-13-19(35)33-25(28)36(13)7-4-30-5-8-38/h2-3,6,11,16,22,28,30,38H,4-5,7-10H2,1H3,(H5,29,31,32,39,41,42,43,44)/p+1/t11-,16+,22?/m0/s1. The van der Waals surface area contributed by atoms with Gasteiger partial charge in [0.1, 0.15) is 39.2 Å². The first kappa shape index (κ1) is 33.9. The van der Waals surface area contributed by atoms with Gasteiger partial charge in [-0.3, -0.25) is 19.1 Å². The Bertz CT molecular complexity index is 1810. The normalized spacial score (nSPS) is 18.6. The number of carbonyl (C=O) groups excluding carboxylic acids is 2. The third-order valence-corrected chi connectivity index (χ3v) is 9.62. The van der Waals surface area contributed by atoms with Crippen LogP contribution in [0.5, 0.6) is 0 Å². The predicted molar refractivity (Wildman–Crippen MR) is 170 cm³/mol. The first-order chi connectivity index (χ1) is 22.4. The highest BCUT2D eigenvalue weighted by atomic mass is 35.5. The maximum atomic E-state index is 13.4. The number of halogens is 1. The Hall–Kier alpha value is -4.50. The van der Waals surface area contributed by atoms with Crippen LogP contribution in [0.15, 0.2) is 34.8 Å². The van der Waals surface area contributed by atoms with Gasteiger partial charge in [0.2, 0.25) is 6.10 Å². The molecule has 0 bridgehead atoms. The summed E-state index contributed by atoms with van der Waals surface area (Å²) < 4.78 is 3.53. The Kier molecular flexibility index (Phi) is 10.2. The SMILES string of the molecule is C[C@H](ON=C(C(=O)N[C@@H]1C(=O)N2C(C(=O)O)=C(C[n+]3cccc4c3nc(N)n4CCNCCO)CSC12)c1nc(N)sc1Cl)C(=O)O. The molecule has 0 saturated carbocycles. The quantitative estimate of drug-likeness (QED) is 0.0341. The molecule has 47 heavy (non-hydrogen) atoms. The molecule has 18 nitrogen and oxygen atoms in total. The number of thiazole rings is 1. The highest BCUT2D eigenvalue weighted by Gasteiger charge is 2.54. The van der Waals surface area contributed by atoms with Crippen molar-refractivity contribution < 1.29 is 43.9 Å². The van der Waals surface area contributed by atoms with Crippen LogP contribution in [0.4, 0.5) is 11.1 Å². The zero-order valence-electron chi connectivity index (χ0n) is 24.6. The van der Waals surface area contributed by atoms with E-state index < -0.39 is 47.0 Å². The van der Waals surface area contributed by atoms with Crippen LogP contribution >= 0.6 is 34.7 Å². The van der Waals surface area contributed by atoms with Crippen molar-refractivity contribution in [2.75, 3.05) is 36.9 Å². The van der Waals surface area contributed by atoms with Crippen molar-refractivity contribution in [3.8, 4) is 0 Å². The van der Waals surface area contributed by atoms with E-state index in [-0.39, 0.29) is 45.7 Å². The molecule has 1 unspecified atom stereocenters. The number of aromatic nitrogens is 4. The number of carboxylic acids is 2. The largest absolute Gasteiger partial charge is 0.478 e. The fourth-order valence-corrected chi connectivity index (χ4v) is 7.23. The van der Waals surface area contributed by atoms with Crippen LogP contribution in [0, 0.1) is 0 Å². The molecule has 9 N–H and O–H groups in total. The molecule has 3 atom stereocenters. The molecule has 3 aromatic rings. The molecule has 5 rings (SSSR count). The molecule has 3 aromatic heterocycles. The Morgan fingerprint density at radius 1 is 1.28 bits per heavy atom. The number of fused-ring (bicyclic) bond motifs is 2. The lowest BCUT2D eigenvalue weighted by Gasteiger charge is -2.49. The van der Waals surface area contributed by atoms with E-state index >= 15 is 0 Å². The minimum Gasteiger partial charge on any atom is -0.478 e. The van der Waals surface area contributed by atoms with Crippen LogP contribution in [-0.4, -0.2) is 107 Å². The summed E-state index contributed by atoms with van der Waals surface area (Å²) >= 11 is 8.27. The Balaban J connectivity index is 1.37. The summed E-state index contributed by atoms with van der Waals surface area (Å²) in [7, 11) is 0. The summed E-state index contributed by atoms with van der Waals surface area (Å²) in [5.74, 6) is -3.83. The highest BCUT2D eigenvalue weighted by Crippen LogP contribution is 2.40. The number of aliphatic carboxylic acids is 2. The molecule has 1 fully saturated rings. The van der Waals surface area contributed by atoms with Crippen LogP contribution in [0.2, 0.25) is 4.34 Å². The number of aliphatic hydroxyl groups is 1. The molecule has 0 radical (unpaired) electrons. The smallest absolute Gasteiger partial charge is 0.352 e. The van der Waals surface area contributed by atoms with Crippen LogP contribution in [-0.2, 0) is 37.1 Å². The topological polar surface area (TPSA) is 264 Å². The zero-order valence-corrected chi connectivity index (χ0v) is 27.0. The second-order valence-electron chi connectivity index (χ2n) is 10.3. The number of carbonyl (C=O) groups is 4. The van der Waals surface area contributed by atoms with E-state index in [0.29, 0.717) is 30.9 Å². The molecule has 2 aliphatic rings. The van der Waals surface area contributed by atoms with Crippen molar-refractivity contribution in [2.45, 2.75) is 37.5 Å². The van der Waals surface area contributed by atoms with Gasteiger partial charge >= 0.3 is 23.5 Å². The Labute approximate surface area is 279 Å². The van der Waals surface area contributed by atoms with Gasteiger partial charge in [0, 0.05) is 31.0 Å². The number of amides is 2. The fourth-order valence-electron chi connectivity index (χ4n) is 4.96. The maximum absolute atomic E-state index is 13.4. The van der Waals surface area contributed by atoms with Crippen LogP contribution < -0.4 is 26.7 Å². The Morgan fingerprint density at radius 2 is 2.04 bits per heavy atom. The molecule has 5 heterocycles. The van der Waals surface area contributed by atoms with Gasteiger partial charge in [-0.15, -0.1) is 11.8 Å². The molecule has 2 aliphatic heterocycles. The minimum atomic E-state index is -1.42. The summed E-state index contributed by atoms with van der Waals surface area (Å²) in [6.45, 7) is 2.75. The lowest BCUT2D eigenvalue weighted by Crippen LogP contribution is -2.71. The van der Waals surface area contributed by atoms with Crippen molar-refractivity contribution in [1.29, 1.82) is 0 Å². The molecule has 0 aromatic carbocycles. The summed E-state index contributed by atoms with van der Waals surface area (Å²) in [5, 5.41) is 36.8. The predicted octanol–water partition coefficient (Wildman–Crippen LogP) is -1.19. The average molecular weight is 710 g/mol. The van der Waals surface area contributed by atoms with Crippen LogP contribution in [0.25, 0.3) is 11.2 Å². The number of nitrogens with zero attached hydrogens (tertiary/aromatic N) is 6. The van der Waals surface area contributed by atoms with Crippen molar-refractivity contribution in [1.82, 2.24) is 30.1 Å². The molecule has 2 amide bonds. The van der Waals surface area contributed by atoms with Gasteiger partial charge in [-0.2, -0.15) is 0 Å². The van der Waals surface area contributed by atoms with E-state index in [1.807, 2.05) is 6.07 Å². The number of pyridine rings is 1. The number of oxime groups is 1. The molecule has 0 aliphatic carbocycles. The van der Waals surface area contributed by atoms with E-state index in [1.165, 1.54) is 18.7 Å². The van der Waals surface area contributed by atoms with E-state index in [2.05, 4.69) is 25.8 Å². The minimum absolute atomic E-state index is 0.00188. The molecular weight excluding hydrogens is 680 g/mol. The van der Waals surface area contributed by atoms with Gasteiger partial charge in [0.05, 0.1) is 12.8 Å². The lowest BCUT2D eigenvalue weighted by molar-refractivity contribution is -0.664. The molecular formula is C26H30ClN10O8S2+. The Morgan fingerprint density at radius 3 is 2.70 bits per heavy atom. The third-order valence-electron chi connectivity index (χ3n) is 7.20. The van der Waals surface area contributed by atoms with E-state index in [1.54, 1.807) is 21.4 Å². The molecule has 0 spiro atoms. The monoisotopic (exact) mass is 709 g/mol. The van der Waals surface area contributed by atoms with Crippen molar-refractivity contribution in [3.63, 3.8) is 0 Å². The van der Waals surface area contributed by atoms with Gasteiger partial charge in [0.25, 0.3) is 11.8 Å². The number of hydrogen-bond acceptors (Lipinski definition) is 14. The fraction of sp³-hybridized carbons (Fsp3) is 0.385. The second-order valence-corrected chi connectivity index (χ2v) is 13.0. The van der Waals surface area contributed by atoms with Crippen molar-refractivity contribution in [3.05, 3.63) is 39.6 Å². The number of rotatable bonds is 14. The van der Waals surface area contributed by atoms with Crippen molar-refractivity contribution in [2.24, 2.45) is 5.16 Å². The van der Waals surface area contributed by atoms with Crippen molar-refractivity contribution >= 4 is 86.4 Å². The van der Waals surface area contributed by atoms with Gasteiger partial charge in [-0.25, -0.2) is 19.1 Å². The van der Waals surface area contributed by atoms with E-state index in [9.17, 15) is 24.3 Å². The number of nitrogens with one attached hydrogen (secondary N) is 2. The number of anilines is 2. The maximum Gasteiger partial charge on any atom is 0.352 e. The number of hydrogen-bond donors (Lipinski definition) is 7. The second kappa shape index (κ2) is 14.1. The summed E-state index contributed by atoms with van der Waals surface area (Å²) in [6, 6.07) is 2.47. The average Bonchev–Trinajstić information content (AvgIpc) is 3.54. The number of carboxylic acid groups (broad SMARTS) is 2. The van der Waals surface area contributed by atoms with Gasteiger partial charge < -0.3 is 42.3 Å². The van der Waals surface area contributed by atoms with E-state index in [0.717, 1.165) is 21.8 Å². The molecule has 21 heteroatoms. The number of thioether (sulfide) groups is 1. The van der Waals surface area contributed by atoms with Crippen LogP contribution in [0.3, 0.4) is 0 Å². The number of aliphatic hydroxyl groups excluding tert-OH is 1. The summed E-state index contributed by atoms with van der Waals surface area (Å²) in [4.78, 5) is 64.9. The molecule has 1 saturated heterocycles. The number of nitrogen functional groups attached to an aromatic ring is 2. The summed E-state index contributed by atoms with van der Waals surface area (Å²) in [6.07, 6.45) is 0.310. The first-order valence-electron chi connectivity index (χ1n) is 14.0. The zero-order chi connectivity index (χ0) is 34.0. The van der Waals surface area contributed by atoms with Gasteiger partial charge in [-0.1, -0.05) is 28.1 Å². The van der Waals surface area contributed by atoms with Crippen LogP contribution in [0.1, 0.15) is 12.6 Å². The highest BCUT2D eigenvalue weighted by molar-refractivity contribution is 8.00. The number of imidazole rings is 1. The molecule has 250 valence electrons. The lowest BCUT2D eigenvalue weighted by atomic mass is 10.0. The van der Waals surface area contributed by atoms with Gasteiger partial charge in [-0.05, 0) is 24.0 Å².